The van der Waals surface area contributed by atoms with Crippen LogP contribution in [0.3, 0.4) is 0 Å². The van der Waals surface area contributed by atoms with Crippen molar-refractivity contribution in [3.8, 4) is 5.69 Å². The minimum absolute atomic E-state index is 0.0824. The highest BCUT2D eigenvalue weighted by atomic mass is 16.3. The number of hydrogen-bond acceptors (Lipinski definition) is 6. The fourth-order valence-electron chi connectivity index (χ4n) is 2.99. The first-order chi connectivity index (χ1) is 13.6. The molecule has 2 N–H and O–H groups in total. The van der Waals surface area contributed by atoms with Crippen molar-refractivity contribution in [2.75, 3.05) is 5.32 Å². The molecule has 3 heterocycles. The average Bonchev–Trinajstić information content (AvgIpc) is 3.21. The zero-order valence-corrected chi connectivity index (χ0v) is 15.3. The monoisotopic (exact) mass is 377 g/mol. The summed E-state index contributed by atoms with van der Waals surface area (Å²) < 4.78 is 6.40. The van der Waals surface area contributed by atoms with Crippen LogP contribution >= 0.6 is 0 Å². The van der Waals surface area contributed by atoms with E-state index in [0.29, 0.717) is 11.6 Å². The third kappa shape index (κ3) is 3.57. The molecule has 0 bridgehead atoms. The molecule has 0 aliphatic heterocycles. The maximum Gasteiger partial charge on any atom is 0.334 e. The van der Waals surface area contributed by atoms with Crippen molar-refractivity contribution in [1.82, 2.24) is 19.5 Å². The lowest BCUT2D eigenvalue weighted by Crippen LogP contribution is -2.34. The number of nitrogens with zero attached hydrogens (tertiary/aromatic N) is 3. The first-order valence-electron chi connectivity index (χ1n) is 8.98. The van der Waals surface area contributed by atoms with Gasteiger partial charge in [0.05, 0.1) is 12.0 Å². The van der Waals surface area contributed by atoms with Crippen LogP contribution in [-0.4, -0.2) is 25.6 Å². The Hall–Kier alpha value is -3.68. The lowest BCUT2D eigenvalue weighted by Gasteiger charge is -2.13. The molecule has 0 spiro atoms. The van der Waals surface area contributed by atoms with Crippen LogP contribution in [0.1, 0.15) is 19.1 Å². The van der Waals surface area contributed by atoms with Crippen molar-refractivity contribution in [3.63, 3.8) is 0 Å². The molecular weight excluding hydrogens is 358 g/mol. The Balaban J connectivity index is 1.59. The molecule has 28 heavy (non-hydrogen) atoms. The number of para-hydroxylation sites is 1. The fourth-order valence-corrected chi connectivity index (χ4v) is 2.99. The molecule has 0 fully saturated rings. The van der Waals surface area contributed by atoms with E-state index < -0.39 is 11.2 Å². The number of aryl methyl sites for hydroxylation is 1. The highest BCUT2D eigenvalue weighted by Gasteiger charge is 2.12. The Bertz CT molecular complexity index is 1200. The van der Waals surface area contributed by atoms with E-state index in [1.807, 2.05) is 25.1 Å². The van der Waals surface area contributed by atoms with E-state index in [2.05, 4.69) is 20.3 Å². The Morgan fingerprint density at radius 3 is 2.75 bits per heavy atom. The van der Waals surface area contributed by atoms with E-state index in [9.17, 15) is 9.59 Å². The van der Waals surface area contributed by atoms with Crippen molar-refractivity contribution in [3.05, 3.63) is 81.5 Å². The lowest BCUT2D eigenvalue weighted by atomic mass is 10.1. The maximum atomic E-state index is 12.7. The van der Waals surface area contributed by atoms with Gasteiger partial charge in [0.2, 0.25) is 5.95 Å². The van der Waals surface area contributed by atoms with E-state index in [0.717, 1.165) is 23.2 Å². The largest absolute Gasteiger partial charge is 0.469 e. The molecule has 0 radical (unpaired) electrons. The lowest BCUT2D eigenvalue weighted by molar-refractivity contribution is 0.494. The molecule has 1 aromatic carbocycles. The summed E-state index contributed by atoms with van der Waals surface area (Å²) in [4.78, 5) is 36.4. The Morgan fingerprint density at radius 2 is 2.00 bits per heavy atom. The van der Waals surface area contributed by atoms with E-state index >= 15 is 0 Å². The van der Waals surface area contributed by atoms with E-state index in [1.165, 1.54) is 6.20 Å². The van der Waals surface area contributed by atoms with Gasteiger partial charge in [-0.15, -0.1) is 0 Å². The van der Waals surface area contributed by atoms with E-state index in [-0.39, 0.29) is 17.1 Å². The Labute approximate surface area is 159 Å². The van der Waals surface area contributed by atoms with Gasteiger partial charge in [-0.05, 0) is 37.6 Å². The zero-order valence-electron chi connectivity index (χ0n) is 15.3. The number of fused-ring (bicyclic) bond motifs is 1. The van der Waals surface area contributed by atoms with Crippen LogP contribution in [0.4, 0.5) is 5.95 Å². The van der Waals surface area contributed by atoms with Gasteiger partial charge in [-0.3, -0.25) is 9.78 Å². The molecule has 0 saturated carbocycles. The van der Waals surface area contributed by atoms with Crippen molar-refractivity contribution in [2.45, 2.75) is 25.8 Å². The quantitative estimate of drug-likeness (QED) is 0.535. The number of hydrogen-bond donors (Lipinski definition) is 2. The standard InChI is InChI=1S/C20H19N5O3/c1-13(9-10-15-8-5-11-28-15)22-19-21-12-16-17(23-19)24-20(27)25(18(16)26)14-6-3-2-4-7-14/h2-8,11-13H,9-10H2,1H3,(H2,21,22,23,24,27). The number of nitrogens with one attached hydrogen (secondary N) is 2. The predicted molar refractivity (Wildman–Crippen MR) is 106 cm³/mol. The van der Waals surface area contributed by atoms with Crippen LogP contribution in [0.15, 0.2) is 68.9 Å². The van der Waals surface area contributed by atoms with E-state index in [1.54, 1.807) is 30.5 Å². The van der Waals surface area contributed by atoms with Gasteiger partial charge in [0, 0.05) is 18.7 Å². The molecule has 4 aromatic rings. The maximum absolute atomic E-state index is 12.7. The van der Waals surface area contributed by atoms with Crippen LogP contribution in [0.2, 0.25) is 0 Å². The molecule has 3 aromatic heterocycles. The molecule has 142 valence electrons. The van der Waals surface area contributed by atoms with Crippen molar-refractivity contribution in [2.24, 2.45) is 0 Å². The topological polar surface area (TPSA) is 106 Å². The van der Waals surface area contributed by atoms with Gasteiger partial charge in [0.15, 0.2) is 5.65 Å². The third-order valence-corrected chi connectivity index (χ3v) is 4.44. The molecule has 8 nitrogen and oxygen atoms in total. The summed E-state index contributed by atoms with van der Waals surface area (Å²) in [6.45, 7) is 2.01. The summed E-state index contributed by atoms with van der Waals surface area (Å²) >= 11 is 0. The van der Waals surface area contributed by atoms with Crippen molar-refractivity contribution < 1.29 is 4.42 Å². The molecule has 1 atom stereocenters. The summed E-state index contributed by atoms with van der Waals surface area (Å²) in [5, 5.41) is 3.43. The van der Waals surface area contributed by atoms with Gasteiger partial charge in [0.25, 0.3) is 5.56 Å². The van der Waals surface area contributed by atoms with E-state index in [4.69, 9.17) is 4.42 Å². The molecular formula is C20H19N5O3. The number of H-pyrrole nitrogens is 1. The summed E-state index contributed by atoms with van der Waals surface area (Å²) in [5.74, 6) is 1.27. The zero-order chi connectivity index (χ0) is 19.5. The number of aromatic amines is 1. The average molecular weight is 377 g/mol. The van der Waals surface area contributed by atoms with Crippen molar-refractivity contribution >= 4 is 17.0 Å². The molecule has 1 unspecified atom stereocenters. The number of rotatable bonds is 6. The summed E-state index contributed by atoms with van der Waals surface area (Å²) in [7, 11) is 0. The van der Waals surface area contributed by atoms with Gasteiger partial charge >= 0.3 is 5.69 Å². The van der Waals surface area contributed by atoms with Gasteiger partial charge < -0.3 is 9.73 Å². The first kappa shape index (κ1) is 17.7. The SMILES string of the molecule is CC(CCc1ccco1)Nc1ncc2c(=O)n(-c3ccccc3)c(=O)[nH]c2n1. The first-order valence-corrected chi connectivity index (χ1v) is 8.98. The Kier molecular flexibility index (Phi) is 4.76. The highest BCUT2D eigenvalue weighted by molar-refractivity contribution is 5.73. The Morgan fingerprint density at radius 1 is 1.18 bits per heavy atom. The summed E-state index contributed by atoms with van der Waals surface area (Å²) in [6, 6.07) is 12.6. The number of anilines is 1. The van der Waals surface area contributed by atoms with Gasteiger partial charge in [-0.2, -0.15) is 4.98 Å². The minimum Gasteiger partial charge on any atom is -0.469 e. The van der Waals surface area contributed by atoms with Gasteiger partial charge in [0.1, 0.15) is 11.1 Å². The highest BCUT2D eigenvalue weighted by Crippen LogP contribution is 2.11. The number of aromatic nitrogens is 4. The minimum atomic E-state index is -0.542. The molecule has 0 saturated heterocycles. The molecule has 0 aliphatic rings. The third-order valence-electron chi connectivity index (χ3n) is 4.44. The van der Waals surface area contributed by atoms with Crippen LogP contribution in [0, 0.1) is 0 Å². The second-order valence-electron chi connectivity index (χ2n) is 6.53. The number of benzene rings is 1. The molecule has 0 amide bonds. The second kappa shape index (κ2) is 7.51. The second-order valence-corrected chi connectivity index (χ2v) is 6.53. The normalized spacial score (nSPS) is 12.2. The molecule has 4 rings (SSSR count). The van der Waals surface area contributed by atoms with Crippen molar-refractivity contribution in [1.29, 1.82) is 0 Å². The fraction of sp³-hybridized carbons (Fsp3) is 0.200. The molecule has 8 heteroatoms. The summed E-state index contributed by atoms with van der Waals surface area (Å²) in [6.07, 6.45) is 4.69. The smallest absolute Gasteiger partial charge is 0.334 e. The van der Waals surface area contributed by atoms with Crippen LogP contribution < -0.4 is 16.6 Å². The number of furan rings is 1. The van der Waals surface area contributed by atoms with Crippen LogP contribution in [0.5, 0.6) is 0 Å². The van der Waals surface area contributed by atoms with Gasteiger partial charge in [-0.1, -0.05) is 18.2 Å². The molecule has 0 aliphatic carbocycles. The van der Waals surface area contributed by atoms with Gasteiger partial charge in [-0.25, -0.2) is 14.3 Å². The predicted octanol–water partition coefficient (Wildman–Crippen LogP) is 2.50. The van der Waals surface area contributed by atoms with Crippen LogP contribution in [0.25, 0.3) is 16.7 Å². The van der Waals surface area contributed by atoms with Crippen LogP contribution in [-0.2, 0) is 6.42 Å². The summed E-state index contributed by atoms with van der Waals surface area (Å²) in [5.41, 5.74) is -0.302.